The van der Waals surface area contributed by atoms with Gasteiger partial charge in [-0.05, 0) is 44.0 Å². The number of halogens is 1. The molecule has 26 heavy (non-hydrogen) atoms. The minimum absolute atomic E-state index is 0.361. The van der Waals surface area contributed by atoms with Gasteiger partial charge in [0.1, 0.15) is 5.82 Å². The fraction of sp³-hybridized carbons (Fsp3) is 0.368. The van der Waals surface area contributed by atoms with Gasteiger partial charge in [-0.3, -0.25) is 0 Å². The summed E-state index contributed by atoms with van der Waals surface area (Å²) >= 11 is 6.21. The van der Waals surface area contributed by atoms with Gasteiger partial charge in [0.05, 0.1) is 7.11 Å². The number of pyridine rings is 2. The van der Waals surface area contributed by atoms with Crippen molar-refractivity contribution in [2.24, 2.45) is 0 Å². The highest BCUT2D eigenvalue weighted by atomic mass is 35.5. The number of piperidine rings is 1. The average molecular weight is 370 g/mol. The number of hydrogen-bond donors (Lipinski definition) is 0. The number of nitrogens with zero attached hydrogens (tertiary/aromatic N) is 5. The first-order valence-electron chi connectivity index (χ1n) is 8.70. The van der Waals surface area contributed by atoms with Crippen molar-refractivity contribution in [1.29, 1.82) is 0 Å². The van der Waals surface area contributed by atoms with Crippen LogP contribution in [0.5, 0.6) is 5.75 Å². The van der Waals surface area contributed by atoms with E-state index in [1.165, 1.54) is 0 Å². The largest absolute Gasteiger partial charge is 0.490 e. The molecule has 0 atom stereocenters. The first-order valence-corrected chi connectivity index (χ1v) is 9.08. The summed E-state index contributed by atoms with van der Waals surface area (Å²) in [7, 11) is 1.60. The van der Waals surface area contributed by atoms with E-state index in [-0.39, 0.29) is 0 Å². The van der Waals surface area contributed by atoms with E-state index < -0.39 is 0 Å². The minimum atomic E-state index is 0.361. The lowest BCUT2D eigenvalue weighted by molar-refractivity contribution is 0.405. The zero-order valence-corrected chi connectivity index (χ0v) is 15.6. The lowest BCUT2D eigenvalue weighted by Gasteiger charge is -2.33. The van der Waals surface area contributed by atoms with Gasteiger partial charge >= 0.3 is 0 Å². The summed E-state index contributed by atoms with van der Waals surface area (Å²) in [6.45, 7) is 3.58. The Bertz CT molecular complexity index is 940. The molecule has 0 saturated carbocycles. The summed E-state index contributed by atoms with van der Waals surface area (Å²) in [5, 5.41) is 1.43. The molecule has 1 aliphatic rings. The molecule has 7 heteroatoms. The number of aryl methyl sites for hydroxylation is 1. The smallest absolute Gasteiger partial charge is 0.199 e. The Morgan fingerprint density at radius 3 is 2.69 bits per heavy atom. The van der Waals surface area contributed by atoms with Crippen molar-refractivity contribution < 1.29 is 4.74 Å². The molecule has 0 aromatic carbocycles. The minimum Gasteiger partial charge on any atom is -0.490 e. The van der Waals surface area contributed by atoms with E-state index in [2.05, 4.69) is 32.0 Å². The Hall–Kier alpha value is -2.47. The molecule has 0 radical (unpaired) electrons. The van der Waals surface area contributed by atoms with E-state index in [1.54, 1.807) is 13.3 Å². The van der Waals surface area contributed by atoms with Gasteiger partial charge in [0, 0.05) is 36.3 Å². The maximum absolute atomic E-state index is 6.21. The van der Waals surface area contributed by atoms with Gasteiger partial charge in [0.15, 0.2) is 22.4 Å². The van der Waals surface area contributed by atoms with Crippen molar-refractivity contribution in [1.82, 2.24) is 19.9 Å². The number of aromatic nitrogens is 4. The van der Waals surface area contributed by atoms with Crippen molar-refractivity contribution in [3.8, 4) is 5.75 Å². The van der Waals surface area contributed by atoms with Crippen LogP contribution in [0.25, 0.3) is 11.0 Å². The molecule has 4 rings (SSSR count). The highest BCUT2D eigenvalue weighted by molar-refractivity contribution is 6.31. The zero-order chi connectivity index (χ0) is 18.1. The molecule has 1 fully saturated rings. The van der Waals surface area contributed by atoms with E-state index in [0.29, 0.717) is 22.6 Å². The standard InChI is InChI=1S/C19H20ClN5O/c1-12-22-17(20)16(26-2)19(23-12)25-10-7-13(8-11-25)15-6-5-14-4-3-9-21-18(14)24-15/h3-6,9,13H,7-8,10-11H2,1-2H3. The highest BCUT2D eigenvalue weighted by Crippen LogP contribution is 2.36. The van der Waals surface area contributed by atoms with Crippen LogP contribution in [0.2, 0.25) is 5.15 Å². The molecular formula is C19H20ClN5O. The molecule has 4 heterocycles. The monoisotopic (exact) mass is 369 g/mol. The van der Waals surface area contributed by atoms with Crippen LogP contribution in [0.1, 0.15) is 30.3 Å². The van der Waals surface area contributed by atoms with Crippen molar-refractivity contribution in [2.45, 2.75) is 25.7 Å². The van der Waals surface area contributed by atoms with E-state index in [4.69, 9.17) is 21.3 Å². The Balaban J connectivity index is 1.54. The lowest BCUT2D eigenvalue weighted by atomic mass is 9.93. The van der Waals surface area contributed by atoms with E-state index >= 15 is 0 Å². The molecule has 0 bridgehead atoms. The lowest BCUT2D eigenvalue weighted by Crippen LogP contribution is -2.34. The number of fused-ring (bicyclic) bond motifs is 1. The van der Waals surface area contributed by atoms with Crippen LogP contribution >= 0.6 is 11.6 Å². The van der Waals surface area contributed by atoms with Crippen molar-refractivity contribution in [2.75, 3.05) is 25.1 Å². The van der Waals surface area contributed by atoms with Crippen LogP contribution in [0.15, 0.2) is 30.5 Å². The molecule has 3 aromatic heterocycles. The number of hydrogen-bond acceptors (Lipinski definition) is 6. The maximum Gasteiger partial charge on any atom is 0.199 e. The molecule has 3 aromatic rings. The molecule has 0 aliphatic carbocycles. The molecule has 1 aliphatic heterocycles. The van der Waals surface area contributed by atoms with Crippen LogP contribution in [0.3, 0.4) is 0 Å². The fourth-order valence-electron chi connectivity index (χ4n) is 3.49. The van der Waals surface area contributed by atoms with Crippen LogP contribution < -0.4 is 9.64 Å². The molecule has 134 valence electrons. The van der Waals surface area contributed by atoms with E-state index in [0.717, 1.165) is 48.5 Å². The molecular weight excluding hydrogens is 350 g/mol. The van der Waals surface area contributed by atoms with Crippen molar-refractivity contribution >= 4 is 28.5 Å². The van der Waals surface area contributed by atoms with Gasteiger partial charge in [-0.25, -0.2) is 19.9 Å². The maximum atomic E-state index is 6.21. The summed E-state index contributed by atoms with van der Waals surface area (Å²) in [5.41, 5.74) is 1.92. The third kappa shape index (κ3) is 3.17. The number of methoxy groups -OCH3 is 1. The quantitative estimate of drug-likeness (QED) is 0.655. The Morgan fingerprint density at radius 1 is 1.12 bits per heavy atom. The number of rotatable bonds is 3. The van der Waals surface area contributed by atoms with Gasteiger partial charge in [0.25, 0.3) is 0 Å². The second-order valence-corrected chi connectivity index (χ2v) is 6.82. The highest BCUT2D eigenvalue weighted by Gasteiger charge is 2.26. The van der Waals surface area contributed by atoms with Gasteiger partial charge in [0.2, 0.25) is 0 Å². The second-order valence-electron chi connectivity index (χ2n) is 6.47. The van der Waals surface area contributed by atoms with E-state index in [9.17, 15) is 0 Å². The summed E-state index contributed by atoms with van der Waals surface area (Å²) < 4.78 is 5.42. The van der Waals surface area contributed by atoms with Gasteiger partial charge in [-0.1, -0.05) is 11.6 Å². The molecule has 0 unspecified atom stereocenters. The van der Waals surface area contributed by atoms with Gasteiger partial charge in [-0.2, -0.15) is 0 Å². The summed E-state index contributed by atoms with van der Waals surface area (Å²) in [5.74, 6) is 2.39. The third-order valence-electron chi connectivity index (χ3n) is 4.82. The topological polar surface area (TPSA) is 64.0 Å². The van der Waals surface area contributed by atoms with Crippen LogP contribution in [0.4, 0.5) is 5.82 Å². The Morgan fingerprint density at radius 2 is 1.92 bits per heavy atom. The Labute approximate surface area is 157 Å². The zero-order valence-electron chi connectivity index (χ0n) is 14.8. The normalized spacial score (nSPS) is 15.4. The SMILES string of the molecule is COc1c(Cl)nc(C)nc1N1CCC(c2ccc3cccnc3n2)CC1. The van der Waals surface area contributed by atoms with Crippen LogP contribution in [0, 0.1) is 6.92 Å². The van der Waals surface area contributed by atoms with Crippen molar-refractivity contribution in [3.63, 3.8) is 0 Å². The number of anilines is 1. The van der Waals surface area contributed by atoms with Crippen LogP contribution in [-0.2, 0) is 0 Å². The van der Waals surface area contributed by atoms with Crippen LogP contribution in [-0.4, -0.2) is 40.1 Å². The average Bonchev–Trinajstić information content (AvgIpc) is 2.67. The van der Waals surface area contributed by atoms with E-state index in [1.807, 2.05) is 19.1 Å². The second kappa shape index (κ2) is 7.03. The third-order valence-corrected chi connectivity index (χ3v) is 5.08. The Kier molecular flexibility index (Phi) is 4.59. The summed E-state index contributed by atoms with van der Waals surface area (Å²) in [4.78, 5) is 20.1. The predicted octanol–water partition coefficient (Wildman–Crippen LogP) is 3.77. The van der Waals surface area contributed by atoms with Crippen molar-refractivity contribution in [3.05, 3.63) is 47.1 Å². The summed E-state index contributed by atoms with van der Waals surface area (Å²) in [6.07, 6.45) is 3.78. The van der Waals surface area contributed by atoms with Gasteiger partial charge < -0.3 is 9.64 Å². The number of ether oxygens (including phenoxy) is 1. The van der Waals surface area contributed by atoms with Gasteiger partial charge in [-0.15, -0.1) is 0 Å². The first-order chi connectivity index (χ1) is 12.7. The first kappa shape index (κ1) is 17.0. The molecule has 0 N–H and O–H groups in total. The predicted molar refractivity (Wildman–Crippen MR) is 102 cm³/mol. The summed E-state index contributed by atoms with van der Waals surface area (Å²) in [6, 6.07) is 8.20. The molecule has 6 nitrogen and oxygen atoms in total. The molecule has 0 amide bonds. The molecule has 1 saturated heterocycles. The molecule has 0 spiro atoms. The fourth-order valence-corrected chi connectivity index (χ4v) is 3.77.